The molecular formula is C53H76N2O7S2. The van der Waals surface area contributed by atoms with Gasteiger partial charge in [0.2, 0.25) is 0 Å². The van der Waals surface area contributed by atoms with Gasteiger partial charge in [-0.25, -0.2) is 14.4 Å². The van der Waals surface area contributed by atoms with Crippen molar-refractivity contribution in [2.45, 2.75) is 148 Å². The van der Waals surface area contributed by atoms with Crippen LogP contribution in [0.15, 0.2) is 61.7 Å². The van der Waals surface area contributed by atoms with E-state index < -0.39 is 0 Å². The van der Waals surface area contributed by atoms with E-state index in [2.05, 4.69) is 34.8 Å². The number of hydrogen-bond donors (Lipinski definition) is 0. The van der Waals surface area contributed by atoms with E-state index in [0.29, 0.717) is 23.8 Å². The molecule has 1 saturated heterocycles. The van der Waals surface area contributed by atoms with E-state index in [9.17, 15) is 14.4 Å². The zero-order chi connectivity index (χ0) is 45.3. The van der Waals surface area contributed by atoms with Gasteiger partial charge in [-0.15, -0.1) is 11.3 Å². The summed E-state index contributed by atoms with van der Waals surface area (Å²) in [4.78, 5) is 40.7. The smallest absolute Gasteiger partial charge is 0.353 e. The van der Waals surface area contributed by atoms with Gasteiger partial charge in [0.1, 0.15) is 10.6 Å². The summed E-state index contributed by atoms with van der Waals surface area (Å²) in [6.07, 6.45) is 30.3. The van der Waals surface area contributed by atoms with Crippen LogP contribution in [0.1, 0.15) is 163 Å². The fourth-order valence-electron chi connectivity index (χ4n) is 7.82. The second kappa shape index (κ2) is 33.5. The summed E-state index contributed by atoms with van der Waals surface area (Å²) in [6.45, 7) is 15.3. The summed E-state index contributed by atoms with van der Waals surface area (Å²) >= 11 is 3.04. The first-order valence-electron chi connectivity index (χ1n) is 24.4. The van der Waals surface area contributed by atoms with E-state index >= 15 is 0 Å². The standard InChI is InChI=1S/C53H76N2O7S2/c1-3-50(56)59-40-26-20-16-12-8-6-5-7-9-13-18-22-28-42-61-52-44-48-47(64-52)43-49(63-48)53(58)62-46-32-30-45(31-33-46)29-23-25-35-55-38-36-54(37-39-55)34-24-19-15-11-10-14-17-21-27-41-60-51(57)4-2/h3-4,30-33,43-44H,1-2,5-22,24-28,34-42H2. The highest BCUT2D eigenvalue weighted by Crippen LogP contribution is 2.38. The van der Waals surface area contributed by atoms with Gasteiger partial charge in [0, 0.05) is 72.3 Å². The van der Waals surface area contributed by atoms with Gasteiger partial charge in [-0.3, -0.25) is 4.90 Å². The molecule has 0 bridgehead atoms. The molecule has 0 unspecified atom stereocenters. The molecule has 0 amide bonds. The van der Waals surface area contributed by atoms with Crippen LogP contribution < -0.4 is 9.47 Å². The first-order valence-corrected chi connectivity index (χ1v) is 26.1. The number of benzene rings is 1. The van der Waals surface area contributed by atoms with Crippen molar-refractivity contribution in [3.05, 3.63) is 72.1 Å². The van der Waals surface area contributed by atoms with Crippen molar-refractivity contribution in [3.63, 3.8) is 0 Å². The van der Waals surface area contributed by atoms with Crippen LogP contribution in [0.2, 0.25) is 0 Å². The minimum absolute atomic E-state index is 0.323. The second-order valence-corrected chi connectivity index (χ2v) is 19.1. The number of unbranched alkanes of at least 4 members (excludes halogenated alkanes) is 20. The van der Waals surface area contributed by atoms with Crippen LogP contribution in [-0.4, -0.2) is 86.8 Å². The Balaban J connectivity index is 0.955. The monoisotopic (exact) mass is 917 g/mol. The van der Waals surface area contributed by atoms with Gasteiger partial charge in [-0.1, -0.05) is 152 Å². The van der Waals surface area contributed by atoms with Gasteiger partial charge in [-0.2, -0.15) is 0 Å². The minimum Gasteiger partial charge on any atom is -0.484 e. The largest absolute Gasteiger partial charge is 0.484 e. The molecule has 0 aliphatic carbocycles. The number of ether oxygens (including phenoxy) is 4. The van der Waals surface area contributed by atoms with Crippen LogP contribution in [0, 0.1) is 11.8 Å². The van der Waals surface area contributed by atoms with Gasteiger partial charge < -0.3 is 23.8 Å². The highest BCUT2D eigenvalue weighted by Gasteiger charge is 2.17. The van der Waals surface area contributed by atoms with E-state index in [4.69, 9.17) is 18.9 Å². The maximum absolute atomic E-state index is 13.0. The van der Waals surface area contributed by atoms with Crippen LogP contribution >= 0.6 is 22.7 Å². The Morgan fingerprint density at radius 3 is 1.52 bits per heavy atom. The molecular weight excluding hydrogens is 841 g/mol. The summed E-state index contributed by atoms with van der Waals surface area (Å²) < 4.78 is 23.9. The molecule has 1 aliphatic heterocycles. The number of carbonyl (C=O) groups excluding carboxylic acids is 3. The second-order valence-electron chi connectivity index (χ2n) is 16.9. The number of hydrogen-bond acceptors (Lipinski definition) is 11. The average molecular weight is 917 g/mol. The number of thiophene rings is 2. The molecule has 0 atom stereocenters. The SMILES string of the molecule is C=CC(=O)OCCCCCCCCCCCCCCCOc1cc2sc(C(=O)Oc3ccc(C#CCCN4CCN(CCCCCCCCCCCOC(=O)C=C)CC4)cc3)cc2s1. The van der Waals surface area contributed by atoms with E-state index in [0.717, 1.165) is 97.9 Å². The quantitative estimate of drug-likeness (QED) is 0.0188. The summed E-state index contributed by atoms with van der Waals surface area (Å²) in [5.74, 6) is 6.15. The lowest BCUT2D eigenvalue weighted by molar-refractivity contribution is -0.138. The molecule has 0 saturated carbocycles. The van der Waals surface area contributed by atoms with E-state index in [1.807, 2.05) is 36.4 Å². The number of rotatable bonds is 35. The Morgan fingerprint density at radius 2 is 1.02 bits per heavy atom. The first-order chi connectivity index (χ1) is 31.4. The zero-order valence-electron chi connectivity index (χ0n) is 38.7. The molecule has 0 N–H and O–H groups in total. The predicted octanol–water partition coefficient (Wildman–Crippen LogP) is 13.0. The molecule has 1 aliphatic rings. The molecule has 11 heteroatoms. The molecule has 3 heterocycles. The van der Waals surface area contributed by atoms with Crippen molar-refractivity contribution in [2.75, 3.05) is 59.1 Å². The van der Waals surface area contributed by atoms with Gasteiger partial charge in [-0.05, 0) is 62.6 Å². The first kappa shape index (κ1) is 52.7. The molecule has 9 nitrogen and oxygen atoms in total. The van der Waals surface area contributed by atoms with E-state index in [-0.39, 0.29) is 17.9 Å². The number of nitrogens with zero attached hydrogens (tertiary/aromatic N) is 2. The Kier molecular flexibility index (Phi) is 27.6. The van der Waals surface area contributed by atoms with Crippen LogP contribution in [0.25, 0.3) is 9.40 Å². The van der Waals surface area contributed by atoms with Crippen molar-refractivity contribution >= 4 is 50.0 Å². The Bertz CT molecular complexity index is 1800. The third-order valence-electron chi connectivity index (χ3n) is 11.7. The topological polar surface area (TPSA) is 94.6 Å². The number of fused-ring (bicyclic) bond motifs is 1. The van der Waals surface area contributed by atoms with Crippen molar-refractivity contribution in [1.82, 2.24) is 9.80 Å². The lowest BCUT2D eigenvalue weighted by Gasteiger charge is -2.34. The Labute approximate surface area is 392 Å². The van der Waals surface area contributed by atoms with Crippen molar-refractivity contribution in [3.8, 4) is 22.7 Å². The molecule has 3 aromatic rings. The third kappa shape index (κ3) is 23.3. The van der Waals surface area contributed by atoms with Crippen molar-refractivity contribution < 1.29 is 33.3 Å². The van der Waals surface area contributed by atoms with Gasteiger partial charge in [0.15, 0.2) is 5.06 Å². The molecule has 64 heavy (non-hydrogen) atoms. The van der Waals surface area contributed by atoms with Crippen LogP contribution in [-0.2, 0) is 19.1 Å². The van der Waals surface area contributed by atoms with E-state index in [1.54, 1.807) is 11.3 Å². The molecule has 0 radical (unpaired) electrons. The number of piperazine rings is 1. The Hall–Kier alpha value is -3.95. The summed E-state index contributed by atoms with van der Waals surface area (Å²) in [6, 6.07) is 11.4. The molecule has 352 valence electrons. The molecule has 2 aromatic heterocycles. The normalized spacial score (nSPS) is 13.0. The summed E-state index contributed by atoms with van der Waals surface area (Å²) in [5, 5.41) is 0.910. The van der Waals surface area contributed by atoms with E-state index in [1.165, 1.54) is 139 Å². The highest BCUT2D eigenvalue weighted by molar-refractivity contribution is 7.29. The van der Waals surface area contributed by atoms with Crippen molar-refractivity contribution in [2.24, 2.45) is 0 Å². The fourth-order valence-corrected chi connectivity index (χ4v) is 9.96. The highest BCUT2D eigenvalue weighted by atomic mass is 32.1. The third-order valence-corrected chi connectivity index (χ3v) is 13.9. The van der Waals surface area contributed by atoms with Gasteiger partial charge in [0.05, 0.1) is 19.8 Å². The molecule has 0 spiro atoms. The predicted molar refractivity (Wildman–Crippen MR) is 265 cm³/mol. The lowest BCUT2D eigenvalue weighted by atomic mass is 10.0. The van der Waals surface area contributed by atoms with Gasteiger partial charge >= 0.3 is 17.9 Å². The zero-order valence-corrected chi connectivity index (χ0v) is 40.4. The summed E-state index contributed by atoms with van der Waals surface area (Å²) in [7, 11) is 0. The van der Waals surface area contributed by atoms with Crippen molar-refractivity contribution in [1.29, 1.82) is 0 Å². The number of carbonyl (C=O) groups is 3. The van der Waals surface area contributed by atoms with Crippen LogP contribution in [0.3, 0.4) is 0 Å². The summed E-state index contributed by atoms with van der Waals surface area (Å²) in [5.41, 5.74) is 0.922. The average Bonchev–Trinajstić information content (AvgIpc) is 3.89. The van der Waals surface area contributed by atoms with Crippen LogP contribution in [0.5, 0.6) is 10.8 Å². The minimum atomic E-state index is -0.339. The number of esters is 3. The van der Waals surface area contributed by atoms with Crippen LogP contribution in [0.4, 0.5) is 0 Å². The van der Waals surface area contributed by atoms with Gasteiger partial charge in [0.25, 0.3) is 0 Å². The lowest BCUT2D eigenvalue weighted by Crippen LogP contribution is -2.46. The maximum Gasteiger partial charge on any atom is 0.353 e. The molecule has 1 fully saturated rings. The molecule has 1 aromatic carbocycles. The molecule has 4 rings (SSSR count). The maximum atomic E-state index is 13.0. The Morgan fingerprint density at radius 1 is 0.562 bits per heavy atom. The fraction of sp³-hybridized carbons (Fsp3) is 0.604.